The molecule has 12 heteroatoms. The smallest absolute Gasteiger partial charge is 0.270 e. The standard InChI is InChI=1S/C27H20Cl2N4O5S/c28-18-4-9-23(29)24(16-18)32-26(35)22(15-17-2-1-3-21(14-17)33(36)37)25(34)31(27(32)39)20-7-5-19(6-8-20)30-10-12-38-13-11-30/h1-9,14-16H,10-13H2/b22-15+. The lowest BCUT2D eigenvalue weighted by Crippen LogP contribution is -2.57. The molecule has 2 fully saturated rings. The number of nitrogens with zero attached hydrogens (tertiary/aromatic N) is 4. The molecule has 2 saturated heterocycles. The van der Waals surface area contributed by atoms with Gasteiger partial charge in [0.25, 0.3) is 17.5 Å². The van der Waals surface area contributed by atoms with Crippen LogP contribution in [0.4, 0.5) is 22.7 Å². The fourth-order valence-electron chi connectivity index (χ4n) is 4.36. The number of non-ortho nitro benzene ring substituents is 1. The van der Waals surface area contributed by atoms with E-state index in [2.05, 4.69) is 4.90 Å². The molecule has 39 heavy (non-hydrogen) atoms. The van der Waals surface area contributed by atoms with Gasteiger partial charge in [-0.05, 0) is 66.3 Å². The van der Waals surface area contributed by atoms with Crippen LogP contribution in [0.5, 0.6) is 0 Å². The average molecular weight is 583 g/mol. The Balaban J connectivity index is 1.60. The Morgan fingerprint density at radius 1 is 0.897 bits per heavy atom. The summed E-state index contributed by atoms with van der Waals surface area (Å²) < 4.78 is 5.42. The lowest BCUT2D eigenvalue weighted by Gasteiger charge is -2.37. The fraction of sp³-hybridized carbons (Fsp3) is 0.148. The van der Waals surface area contributed by atoms with Crippen LogP contribution in [0.3, 0.4) is 0 Å². The number of anilines is 3. The van der Waals surface area contributed by atoms with E-state index in [0.717, 1.165) is 23.7 Å². The van der Waals surface area contributed by atoms with Gasteiger partial charge in [0.05, 0.1) is 34.5 Å². The van der Waals surface area contributed by atoms with E-state index in [4.69, 9.17) is 40.2 Å². The highest BCUT2D eigenvalue weighted by Gasteiger charge is 2.42. The molecule has 0 unspecified atom stereocenters. The van der Waals surface area contributed by atoms with Crippen molar-refractivity contribution in [1.82, 2.24) is 0 Å². The van der Waals surface area contributed by atoms with Crippen molar-refractivity contribution in [3.05, 3.63) is 98.0 Å². The Labute approximate surface area is 238 Å². The normalized spacial score (nSPS) is 17.2. The van der Waals surface area contributed by atoms with Crippen LogP contribution >= 0.6 is 35.4 Å². The number of rotatable bonds is 5. The van der Waals surface area contributed by atoms with Gasteiger partial charge in [0, 0.05) is 35.9 Å². The fourth-order valence-corrected chi connectivity index (χ4v) is 5.09. The number of halogens is 2. The van der Waals surface area contributed by atoms with Crippen molar-refractivity contribution < 1.29 is 19.2 Å². The summed E-state index contributed by atoms with van der Waals surface area (Å²) in [5, 5.41) is 11.7. The van der Waals surface area contributed by atoms with Gasteiger partial charge in [0.1, 0.15) is 5.57 Å². The van der Waals surface area contributed by atoms with Crippen molar-refractivity contribution >= 4 is 81.2 Å². The number of carbonyl (C=O) groups is 2. The van der Waals surface area contributed by atoms with Crippen LogP contribution < -0.4 is 14.7 Å². The van der Waals surface area contributed by atoms with Gasteiger partial charge in [-0.2, -0.15) is 0 Å². The first-order chi connectivity index (χ1) is 18.7. The van der Waals surface area contributed by atoms with Crippen LogP contribution in [0, 0.1) is 10.1 Å². The van der Waals surface area contributed by atoms with E-state index in [-0.39, 0.29) is 27.1 Å². The van der Waals surface area contributed by atoms with Crippen molar-refractivity contribution in [2.75, 3.05) is 41.0 Å². The Kier molecular flexibility index (Phi) is 7.62. The number of hydrogen-bond donors (Lipinski definition) is 0. The minimum absolute atomic E-state index is 0.107. The quantitative estimate of drug-likeness (QED) is 0.129. The maximum absolute atomic E-state index is 13.8. The first-order valence-corrected chi connectivity index (χ1v) is 13.0. The molecule has 5 rings (SSSR count). The Hall–Kier alpha value is -3.83. The average Bonchev–Trinajstić information content (AvgIpc) is 2.94. The predicted molar refractivity (Wildman–Crippen MR) is 155 cm³/mol. The number of nitro benzene ring substituents is 1. The van der Waals surface area contributed by atoms with Crippen LogP contribution in [0.25, 0.3) is 6.08 Å². The first-order valence-electron chi connectivity index (χ1n) is 11.8. The van der Waals surface area contributed by atoms with Crippen molar-refractivity contribution in [3.63, 3.8) is 0 Å². The number of ether oxygens (including phenoxy) is 1. The van der Waals surface area contributed by atoms with Crippen LogP contribution in [0.2, 0.25) is 10.0 Å². The molecule has 9 nitrogen and oxygen atoms in total. The Morgan fingerprint density at radius 2 is 1.56 bits per heavy atom. The molecule has 0 bridgehead atoms. The van der Waals surface area contributed by atoms with Gasteiger partial charge in [0.2, 0.25) is 0 Å². The number of benzene rings is 3. The van der Waals surface area contributed by atoms with Gasteiger partial charge in [-0.15, -0.1) is 0 Å². The Bertz CT molecular complexity index is 1520. The number of carbonyl (C=O) groups excluding carboxylic acids is 2. The van der Waals surface area contributed by atoms with Gasteiger partial charge >= 0.3 is 0 Å². The summed E-state index contributed by atoms with van der Waals surface area (Å²) in [5.74, 6) is -1.41. The highest BCUT2D eigenvalue weighted by atomic mass is 35.5. The maximum Gasteiger partial charge on any atom is 0.270 e. The molecule has 2 aliphatic heterocycles. The van der Waals surface area contributed by atoms with Crippen molar-refractivity contribution in [1.29, 1.82) is 0 Å². The summed E-state index contributed by atoms with van der Waals surface area (Å²) >= 11 is 18.3. The second kappa shape index (κ2) is 11.1. The van der Waals surface area contributed by atoms with Crippen molar-refractivity contribution in [2.45, 2.75) is 0 Å². The third-order valence-corrected chi connectivity index (χ3v) is 7.19. The molecular formula is C27H20Cl2N4O5S. The number of thiocarbonyl (C=S) groups is 1. The van der Waals surface area contributed by atoms with Gasteiger partial charge in [0.15, 0.2) is 5.11 Å². The van der Waals surface area contributed by atoms with E-state index < -0.39 is 16.7 Å². The van der Waals surface area contributed by atoms with Crippen molar-refractivity contribution in [2.24, 2.45) is 0 Å². The lowest BCUT2D eigenvalue weighted by molar-refractivity contribution is -0.384. The molecule has 198 valence electrons. The summed E-state index contributed by atoms with van der Waals surface area (Å²) in [6.07, 6.45) is 1.31. The SMILES string of the molecule is O=C1/C(=C\c2cccc([N+](=O)[O-])c2)C(=O)N(c2cc(Cl)ccc2Cl)C(=S)N1c1ccc(N2CCOCC2)cc1. The topological polar surface area (TPSA) is 96.2 Å². The summed E-state index contributed by atoms with van der Waals surface area (Å²) in [7, 11) is 0. The summed E-state index contributed by atoms with van der Waals surface area (Å²) in [6.45, 7) is 2.73. The zero-order chi connectivity index (χ0) is 27.7. The van der Waals surface area contributed by atoms with Crippen molar-refractivity contribution in [3.8, 4) is 0 Å². The third kappa shape index (κ3) is 5.37. The second-order valence-corrected chi connectivity index (χ2v) is 9.89. The number of hydrogen-bond acceptors (Lipinski definition) is 7. The molecule has 0 spiro atoms. The molecule has 3 aromatic rings. The summed E-state index contributed by atoms with van der Waals surface area (Å²) in [4.78, 5) is 42.8. The van der Waals surface area contributed by atoms with Crippen LogP contribution in [0.1, 0.15) is 5.56 Å². The number of morpholine rings is 1. The predicted octanol–water partition coefficient (Wildman–Crippen LogP) is 5.49. The second-order valence-electron chi connectivity index (χ2n) is 8.69. The van der Waals surface area contributed by atoms with Crippen LogP contribution in [-0.2, 0) is 14.3 Å². The van der Waals surface area contributed by atoms with E-state index in [0.29, 0.717) is 29.5 Å². The molecule has 0 atom stereocenters. The molecule has 2 amide bonds. The van der Waals surface area contributed by atoms with E-state index in [9.17, 15) is 19.7 Å². The molecule has 0 aromatic heterocycles. The largest absolute Gasteiger partial charge is 0.378 e. The minimum atomic E-state index is -0.734. The highest BCUT2D eigenvalue weighted by Crippen LogP contribution is 2.36. The van der Waals surface area contributed by atoms with Gasteiger partial charge in [-0.3, -0.25) is 29.5 Å². The monoisotopic (exact) mass is 582 g/mol. The zero-order valence-corrected chi connectivity index (χ0v) is 22.6. The number of nitro groups is 1. The molecule has 2 heterocycles. The lowest BCUT2D eigenvalue weighted by atomic mass is 10.0. The summed E-state index contributed by atoms with van der Waals surface area (Å²) in [6, 6.07) is 17.4. The molecule has 2 aliphatic rings. The van der Waals surface area contributed by atoms with E-state index in [1.807, 2.05) is 12.1 Å². The van der Waals surface area contributed by atoms with E-state index in [1.54, 1.807) is 24.3 Å². The minimum Gasteiger partial charge on any atom is -0.378 e. The molecule has 3 aromatic carbocycles. The highest BCUT2D eigenvalue weighted by molar-refractivity contribution is 7.81. The molecule has 0 N–H and O–H groups in total. The molecular weight excluding hydrogens is 563 g/mol. The van der Waals surface area contributed by atoms with Gasteiger partial charge in [-0.1, -0.05) is 35.3 Å². The third-order valence-electron chi connectivity index (χ3n) is 6.27. The van der Waals surface area contributed by atoms with Crippen LogP contribution in [0.15, 0.2) is 72.3 Å². The zero-order valence-electron chi connectivity index (χ0n) is 20.3. The molecule has 0 aliphatic carbocycles. The molecule has 0 radical (unpaired) electrons. The van der Waals surface area contributed by atoms with E-state index >= 15 is 0 Å². The van der Waals surface area contributed by atoms with Gasteiger partial charge in [-0.25, -0.2) is 0 Å². The molecule has 0 saturated carbocycles. The van der Waals surface area contributed by atoms with E-state index in [1.165, 1.54) is 41.3 Å². The van der Waals surface area contributed by atoms with Crippen LogP contribution in [-0.4, -0.2) is 48.2 Å². The first kappa shape index (κ1) is 26.8. The Morgan fingerprint density at radius 3 is 2.26 bits per heavy atom. The number of amides is 2. The summed E-state index contributed by atoms with van der Waals surface area (Å²) in [5.41, 5.74) is 1.46. The van der Waals surface area contributed by atoms with Gasteiger partial charge < -0.3 is 9.64 Å². The maximum atomic E-state index is 13.8.